The van der Waals surface area contributed by atoms with Gasteiger partial charge in [-0.3, -0.25) is 9.78 Å². The number of halogens is 2. The van der Waals surface area contributed by atoms with Crippen LogP contribution in [-0.2, 0) is 11.3 Å². The molecule has 1 atom stereocenters. The maximum Gasteiger partial charge on any atom is 0.404 e. The lowest BCUT2D eigenvalue weighted by molar-refractivity contribution is -0.119. The van der Waals surface area contributed by atoms with Gasteiger partial charge in [0.1, 0.15) is 17.8 Å². The lowest BCUT2D eigenvalue weighted by Gasteiger charge is -2.15. The van der Waals surface area contributed by atoms with Crippen LogP contribution in [0.4, 0.5) is 20.7 Å². The minimum Gasteiger partial charge on any atom is -0.465 e. The van der Waals surface area contributed by atoms with E-state index in [1.165, 1.54) is 24.7 Å². The molecule has 4 N–H and O–H groups in total. The minimum absolute atomic E-state index is 0.0129. The Morgan fingerprint density at radius 2 is 2.12 bits per heavy atom. The summed E-state index contributed by atoms with van der Waals surface area (Å²) in [6, 6.07) is 2.75. The Labute approximate surface area is 153 Å². The summed E-state index contributed by atoms with van der Waals surface area (Å²) in [5.74, 6) is -1.45. The predicted octanol–water partition coefficient (Wildman–Crippen LogP) is 2.12. The second-order valence-corrected chi connectivity index (χ2v) is 5.61. The number of carboxylic acid groups (broad SMARTS) is 1. The molecule has 2 amide bonds. The fourth-order valence-corrected chi connectivity index (χ4v) is 2.08. The highest BCUT2D eigenvalue weighted by Crippen LogP contribution is 2.27. The number of rotatable bonds is 7. The smallest absolute Gasteiger partial charge is 0.404 e. The second kappa shape index (κ2) is 8.90. The van der Waals surface area contributed by atoms with Crippen molar-refractivity contribution in [2.24, 2.45) is 5.92 Å². The number of amides is 2. The van der Waals surface area contributed by atoms with E-state index in [1.54, 1.807) is 6.92 Å². The molecular weight excluding hydrogens is 367 g/mol. The zero-order chi connectivity index (χ0) is 19.1. The maximum atomic E-state index is 13.7. The molecule has 0 fully saturated rings. The van der Waals surface area contributed by atoms with E-state index in [9.17, 15) is 14.0 Å². The summed E-state index contributed by atoms with van der Waals surface area (Å²) in [5, 5.41) is 16.1. The van der Waals surface area contributed by atoms with Gasteiger partial charge in [-0.05, 0) is 12.1 Å². The maximum absolute atomic E-state index is 13.7. The van der Waals surface area contributed by atoms with Crippen molar-refractivity contribution in [2.75, 3.05) is 17.2 Å². The van der Waals surface area contributed by atoms with Crippen LogP contribution in [0.1, 0.15) is 12.6 Å². The van der Waals surface area contributed by atoms with Crippen molar-refractivity contribution in [1.29, 1.82) is 0 Å². The molecule has 9 nitrogen and oxygen atoms in total. The molecule has 1 unspecified atom stereocenters. The molecule has 26 heavy (non-hydrogen) atoms. The summed E-state index contributed by atoms with van der Waals surface area (Å²) >= 11 is 6.01. The van der Waals surface area contributed by atoms with Crippen LogP contribution in [0.5, 0.6) is 0 Å². The van der Waals surface area contributed by atoms with Gasteiger partial charge in [0.15, 0.2) is 11.0 Å². The number of aromatic nitrogens is 3. The Balaban J connectivity index is 2.10. The molecule has 2 aromatic heterocycles. The van der Waals surface area contributed by atoms with Gasteiger partial charge in [0.25, 0.3) is 0 Å². The quantitative estimate of drug-likeness (QED) is 0.540. The van der Waals surface area contributed by atoms with Gasteiger partial charge in [-0.1, -0.05) is 18.5 Å². The Morgan fingerprint density at radius 3 is 2.81 bits per heavy atom. The van der Waals surface area contributed by atoms with Crippen molar-refractivity contribution >= 4 is 35.1 Å². The zero-order valence-electron chi connectivity index (χ0n) is 13.7. The van der Waals surface area contributed by atoms with Gasteiger partial charge >= 0.3 is 6.09 Å². The van der Waals surface area contributed by atoms with Crippen LogP contribution >= 0.6 is 11.6 Å². The SMILES string of the molecule is CC(CNC(=O)O)C(=O)Nc1c(Cl)ncnc1NCc1ncccc1F. The topological polar surface area (TPSA) is 129 Å². The summed E-state index contributed by atoms with van der Waals surface area (Å²) in [6.45, 7) is 1.48. The van der Waals surface area contributed by atoms with Crippen LogP contribution in [0.2, 0.25) is 5.15 Å². The molecule has 0 bridgehead atoms. The molecule has 2 aromatic rings. The van der Waals surface area contributed by atoms with Crippen molar-refractivity contribution in [3.63, 3.8) is 0 Å². The summed E-state index contributed by atoms with van der Waals surface area (Å²) < 4.78 is 13.7. The Morgan fingerprint density at radius 1 is 1.35 bits per heavy atom. The second-order valence-electron chi connectivity index (χ2n) is 5.25. The Bertz CT molecular complexity index is 807. The first-order valence-corrected chi connectivity index (χ1v) is 7.87. The minimum atomic E-state index is -1.23. The van der Waals surface area contributed by atoms with E-state index in [1.807, 2.05) is 0 Å². The van der Waals surface area contributed by atoms with Crippen LogP contribution in [0.3, 0.4) is 0 Å². The summed E-state index contributed by atoms with van der Waals surface area (Å²) in [7, 11) is 0. The molecular formula is C15H16ClFN6O3. The van der Waals surface area contributed by atoms with E-state index in [0.29, 0.717) is 0 Å². The van der Waals surface area contributed by atoms with E-state index in [0.717, 1.165) is 0 Å². The van der Waals surface area contributed by atoms with E-state index in [4.69, 9.17) is 16.7 Å². The van der Waals surface area contributed by atoms with Gasteiger partial charge in [0.2, 0.25) is 5.91 Å². The van der Waals surface area contributed by atoms with Crippen LogP contribution < -0.4 is 16.0 Å². The van der Waals surface area contributed by atoms with Crippen LogP contribution in [0, 0.1) is 11.7 Å². The predicted molar refractivity (Wildman–Crippen MR) is 92.4 cm³/mol. The molecule has 138 valence electrons. The third-order valence-corrected chi connectivity index (χ3v) is 3.60. The number of nitrogens with zero attached hydrogens (tertiary/aromatic N) is 3. The molecule has 0 radical (unpaired) electrons. The van der Waals surface area contributed by atoms with E-state index < -0.39 is 23.7 Å². The monoisotopic (exact) mass is 382 g/mol. The van der Waals surface area contributed by atoms with Crippen molar-refractivity contribution in [3.8, 4) is 0 Å². The van der Waals surface area contributed by atoms with Gasteiger partial charge < -0.3 is 21.1 Å². The molecule has 0 aliphatic heterocycles. The fourth-order valence-electron chi connectivity index (χ4n) is 1.90. The summed E-state index contributed by atoms with van der Waals surface area (Å²) in [6.07, 6.45) is 1.41. The first kappa shape index (κ1) is 19.3. The molecule has 0 saturated heterocycles. The number of carbonyl (C=O) groups is 2. The molecule has 0 spiro atoms. The van der Waals surface area contributed by atoms with Crippen molar-refractivity contribution < 1.29 is 19.1 Å². The Kier molecular flexibility index (Phi) is 6.61. The molecule has 2 rings (SSSR count). The summed E-state index contributed by atoms with van der Waals surface area (Å²) in [4.78, 5) is 34.4. The normalized spacial score (nSPS) is 11.5. The van der Waals surface area contributed by atoms with Crippen molar-refractivity contribution in [2.45, 2.75) is 13.5 Å². The lowest BCUT2D eigenvalue weighted by Crippen LogP contribution is -2.33. The molecule has 0 aliphatic carbocycles. The highest BCUT2D eigenvalue weighted by Gasteiger charge is 2.19. The van der Waals surface area contributed by atoms with Gasteiger partial charge in [-0.25, -0.2) is 19.2 Å². The highest BCUT2D eigenvalue weighted by atomic mass is 35.5. The Hall–Kier alpha value is -3.01. The van der Waals surface area contributed by atoms with Gasteiger partial charge in [-0.15, -0.1) is 0 Å². The van der Waals surface area contributed by atoms with E-state index in [-0.39, 0.29) is 35.4 Å². The van der Waals surface area contributed by atoms with E-state index >= 15 is 0 Å². The average molecular weight is 383 g/mol. The number of carbonyl (C=O) groups excluding carboxylic acids is 1. The number of hydrogen-bond acceptors (Lipinski definition) is 6. The van der Waals surface area contributed by atoms with Gasteiger partial charge in [0.05, 0.1) is 18.2 Å². The first-order chi connectivity index (χ1) is 12.4. The fraction of sp³-hybridized carbons (Fsp3) is 0.267. The third kappa shape index (κ3) is 5.24. The number of pyridine rings is 1. The van der Waals surface area contributed by atoms with Crippen LogP contribution in [0.15, 0.2) is 24.7 Å². The highest BCUT2D eigenvalue weighted by molar-refractivity contribution is 6.33. The number of hydrogen-bond donors (Lipinski definition) is 4. The average Bonchev–Trinajstić information content (AvgIpc) is 2.61. The van der Waals surface area contributed by atoms with Crippen LogP contribution in [-0.4, -0.2) is 38.6 Å². The zero-order valence-corrected chi connectivity index (χ0v) is 14.4. The third-order valence-electron chi connectivity index (χ3n) is 3.31. The van der Waals surface area contributed by atoms with Crippen molar-refractivity contribution in [3.05, 3.63) is 41.3 Å². The largest absolute Gasteiger partial charge is 0.465 e. The number of anilines is 2. The first-order valence-electron chi connectivity index (χ1n) is 7.50. The molecule has 0 aromatic carbocycles. The molecule has 0 saturated carbocycles. The summed E-state index contributed by atoms with van der Waals surface area (Å²) in [5.41, 5.74) is 0.274. The molecule has 11 heteroatoms. The van der Waals surface area contributed by atoms with Crippen LogP contribution in [0.25, 0.3) is 0 Å². The standard InChI is InChI=1S/C15H16ClFN6O3/c1-8(5-20-15(25)26)14(24)23-11-12(16)21-7-22-13(11)19-6-10-9(17)3-2-4-18-10/h2-4,7-8,20H,5-6H2,1H3,(H,23,24)(H,25,26)(H,19,21,22). The van der Waals surface area contributed by atoms with Gasteiger partial charge in [-0.2, -0.15) is 0 Å². The molecule has 2 heterocycles. The molecule has 0 aliphatic rings. The van der Waals surface area contributed by atoms with Gasteiger partial charge in [0, 0.05) is 12.7 Å². The van der Waals surface area contributed by atoms with E-state index in [2.05, 4.69) is 30.9 Å². The van der Waals surface area contributed by atoms with Crippen molar-refractivity contribution in [1.82, 2.24) is 20.3 Å². The number of nitrogens with one attached hydrogen (secondary N) is 3. The lowest BCUT2D eigenvalue weighted by atomic mass is 10.1.